The van der Waals surface area contributed by atoms with Gasteiger partial charge in [0.15, 0.2) is 17.5 Å². The van der Waals surface area contributed by atoms with Gasteiger partial charge in [0.1, 0.15) is 33.8 Å². The van der Waals surface area contributed by atoms with Crippen LogP contribution in [-0.4, -0.2) is 63.7 Å². The molecule has 0 radical (unpaired) electrons. The van der Waals surface area contributed by atoms with Crippen molar-refractivity contribution in [3.8, 4) is 5.82 Å². The van der Waals surface area contributed by atoms with E-state index in [0.717, 1.165) is 24.2 Å². The third-order valence-electron chi connectivity index (χ3n) is 8.15. The molecular formula is C30H21Cl2F2N9O3S. The van der Waals surface area contributed by atoms with Gasteiger partial charge in [-0.05, 0) is 55.0 Å². The third kappa shape index (κ3) is 4.97. The first kappa shape index (κ1) is 29.7. The predicted molar refractivity (Wildman–Crippen MR) is 172 cm³/mol. The SMILES string of the molecule is O=S(=O)(Nc1ccc(F)c(Nc2ncnc3ccc(-n4nnc5c(N6C7COCC6C7)cccc54)nc23)c1F)c1cccc(Cl)c1Cl. The lowest BCUT2D eigenvalue weighted by Gasteiger charge is -2.53. The highest BCUT2D eigenvalue weighted by atomic mass is 35.5. The van der Waals surface area contributed by atoms with Crippen molar-refractivity contribution in [1.29, 1.82) is 0 Å². The first-order chi connectivity index (χ1) is 22.7. The largest absolute Gasteiger partial charge is 0.377 e. The van der Waals surface area contributed by atoms with E-state index in [1.807, 2.05) is 18.2 Å². The Morgan fingerprint density at radius 3 is 2.55 bits per heavy atom. The van der Waals surface area contributed by atoms with E-state index in [9.17, 15) is 8.42 Å². The molecule has 47 heavy (non-hydrogen) atoms. The Kier molecular flexibility index (Phi) is 7.09. The smallest absolute Gasteiger partial charge is 0.263 e. The van der Waals surface area contributed by atoms with Crippen LogP contribution in [0.25, 0.3) is 27.9 Å². The van der Waals surface area contributed by atoms with E-state index in [2.05, 4.69) is 40.2 Å². The second kappa shape index (κ2) is 11.2. The van der Waals surface area contributed by atoms with Gasteiger partial charge in [0, 0.05) is 0 Å². The van der Waals surface area contributed by atoms with E-state index in [0.29, 0.717) is 47.7 Å². The van der Waals surface area contributed by atoms with Crippen LogP contribution in [0.4, 0.5) is 31.7 Å². The normalized spacial score (nSPS) is 17.6. The molecule has 3 aromatic heterocycles. The standard InChI is InChI=1S/C30H21Cl2F2N9O3S/c31-17-3-1-6-23(25(17)32)47(44,45)40-19-8-7-18(33)27(26(19)34)38-30-28-20(35-14-36-30)9-10-24(37-28)43-22-5-2-4-21(29(22)39-41-43)42-15-11-16(42)13-46-12-15/h1-10,14-16,40H,11-13H2,(H,35,36,38). The zero-order valence-corrected chi connectivity index (χ0v) is 26.2. The minimum absolute atomic E-state index is 0.00753. The van der Waals surface area contributed by atoms with E-state index < -0.39 is 33.0 Å². The molecule has 2 bridgehead atoms. The van der Waals surface area contributed by atoms with Gasteiger partial charge < -0.3 is 15.0 Å². The first-order valence-electron chi connectivity index (χ1n) is 14.2. The summed E-state index contributed by atoms with van der Waals surface area (Å²) >= 11 is 12.0. The minimum atomic E-state index is -4.41. The molecule has 5 heterocycles. The Bertz CT molecular complexity index is 2330. The Balaban J connectivity index is 1.15. The number of nitrogens with zero attached hydrogens (tertiary/aromatic N) is 7. The van der Waals surface area contributed by atoms with Crippen LogP contribution in [-0.2, 0) is 14.8 Å². The molecule has 0 saturated carbocycles. The summed E-state index contributed by atoms with van der Waals surface area (Å²) in [6, 6.07) is 15.6. The van der Waals surface area contributed by atoms with Crippen molar-refractivity contribution in [2.45, 2.75) is 23.4 Å². The summed E-state index contributed by atoms with van der Waals surface area (Å²) in [7, 11) is -4.41. The molecule has 2 N–H and O–H groups in total. The van der Waals surface area contributed by atoms with Gasteiger partial charge in [-0.3, -0.25) is 4.72 Å². The molecule has 2 aliphatic rings. The molecule has 0 amide bonds. The number of morpholine rings is 1. The minimum Gasteiger partial charge on any atom is -0.377 e. The number of sulfonamides is 1. The van der Waals surface area contributed by atoms with Crippen molar-refractivity contribution in [1.82, 2.24) is 29.9 Å². The topological polar surface area (TPSA) is 140 Å². The quantitative estimate of drug-likeness (QED) is 0.209. The maximum Gasteiger partial charge on any atom is 0.263 e. The molecule has 2 fully saturated rings. The number of ether oxygens (including phenoxy) is 1. The summed E-state index contributed by atoms with van der Waals surface area (Å²) in [5.74, 6) is -1.91. The molecule has 17 heteroatoms. The second-order valence-corrected chi connectivity index (χ2v) is 13.4. The number of hydrogen-bond donors (Lipinski definition) is 2. The molecule has 2 saturated heterocycles. The van der Waals surface area contributed by atoms with Crippen molar-refractivity contribution in [2.75, 3.05) is 28.2 Å². The Hall–Kier alpha value is -4.70. The van der Waals surface area contributed by atoms with Crippen molar-refractivity contribution in [3.63, 3.8) is 0 Å². The lowest BCUT2D eigenvalue weighted by Crippen LogP contribution is -2.64. The summed E-state index contributed by atoms with van der Waals surface area (Å²) in [5, 5.41) is 11.2. The summed E-state index contributed by atoms with van der Waals surface area (Å²) in [6.07, 6.45) is 2.28. The van der Waals surface area contributed by atoms with E-state index in [-0.39, 0.29) is 26.3 Å². The van der Waals surface area contributed by atoms with Crippen LogP contribution in [0.1, 0.15) is 6.42 Å². The van der Waals surface area contributed by atoms with Crippen LogP contribution < -0.4 is 14.9 Å². The van der Waals surface area contributed by atoms with Gasteiger partial charge in [-0.15, -0.1) is 5.10 Å². The van der Waals surface area contributed by atoms with E-state index in [1.54, 1.807) is 16.8 Å². The number of halogens is 4. The number of fused-ring (bicyclic) bond motifs is 4. The molecule has 2 aliphatic heterocycles. The zero-order valence-electron chi connectivity index (χ0n) is 23.9. The molecular weight excluding hydrogens is 675 g/mol. The molecule has 3 aromatic carbocycles. The van der Waals surface area contributed by atoms with Gasteiger partial charge in [-0.25, -0.2) is 32.2 Å². The highest BCUT2D eigenvalue weighted by Crippen LogP contribution is 2.39. The van der Waals surface area contributed by atoms with Crippen LogP contribution in [0.3, 0.4) is 0 Å². The number of rotatable bonds is 7. The fourth-order valence-electron chi connectivity index (χ4n) is 5.93. The van der Waals surface area contributed by atoms with Gasteiger partial charge >= 0.3 is 0 Å². The number of aromatic nitrogens is 6. The highest BCUT2D eigenvalue weighted by molar-refractivity contribution is 7.92. The molecule has 6 aromatic rings. The Labute approximate surface area is 275 Å². The molecule has 2 atom stereocenters. The highest BCUT2D eigenvalue weighted by Gasteiger charge is 2.43. The maximum atomic E-state index is 15.8. The van der Waals surface area contributed by atoms with Crippen LogP contribution in [0.15, 0.2) is 71.9 Å². The van der Waals surface area contributed by atoms with Gasteiger partial charge in [-0.2, -0.15) is 4.68 Å². The van der Waals surface area contributed by atoms with E-state index in [1.165, 1.54) is 24.5 Å². The lowest BCUT2D eigenvalue weighted by atomic mass is 9.90. The van der Waals surface area contributed by atoms with Crippen molar-refractivity contribution in [3.05, 3.63) is 88.7 Å². The third-order valence-corrected chi connectivity index (χ3v) is 10.5. The summed E-state index contributed by atoms with van der Waals surface area (Å²) < 4.78 is 66.2. The number of benzene rings is 3. The second-order valence-electron chi connectivity index (χ2n) is 11.0. The number of pyridine rings is 1. The average Bonchev–Trinajstić information content (AvgIpc) is 3.51. The van der Waals surface area contributed by atoms with Crippen LogP contribution in [0.5, 0.6) is 0 Å². The van der Waals surface area contributed by atoms with Crippen molar-refractivity contribution < 1.29 is 21.9 Å². The summed E-state index contributed by atoms with van der Waals surface area (Å²) in [4.78, 5) is 15.0. The number of anilines is 4. The van der Waals surface area contributed by atoms with Crippen LogP contribution in [0, 0.1) is 11.6 Å². The average molecular weight is 697 g/mol. The molecule has 8 rings (SSSR count). The van der Waals surface area contributed by atoms with Gasteiger partial charge in [0.25, 0.3) is 10.0 Å². The van der Waals surface area contributed by atoms with Crippen LogP contribution >= 0.6 is 23.2 Å². The zero-order chi connectivity index (χ0) is 32.4. The van der Waals surface area contributed by atoms with Crippen molar-refractivity contribution >= 4 is 78.2 Å². The molecule has 238 valence electrons. The monoisotopic (exact) mass is 695 g/mol. The maximum absolute atomic E-state index is 15.8. The fraction of sp³-hybridized carbons (Fsp3) is 0.167. The molecule has 0 aliphatic carbocycles. The first-order valence-corrected chi connectivity index (χ1v) is 16.5. The van der Waals surface area contributed by atoms with E-state index in [4.69, 9.17) is 27.9 Å². The molecule has 2 unspecified atom stereocenters. The Morgan fingerprint density at radius 2 is 1.74 bits per heavy atom. The van der Waals surface area contributed by atoms with E-state index >= 15 is 8.78 Å². The predicted octanol–water partition coefficient (Wildman–Crippen LogP) is 5.87. The van der Waals surface area contributed by atoms with Gasteiger partial charge in [0.05, 0.1) is 57.8 Å². The Morgan fingerprint density at radius 1 is 0.936 bits per heavy atom. The lowest BCUT2D eigenvalue weighted by molar-refractivity contribution is 0.0105. The van der Waals surface area contributed by atoms with Crippen LogP contribution in [0.2, 0.25) is 10.0 Å². The summed E-state index contributed by atoms with van der Waals surface area (Å²) in [6.45, 7) is 1.32. The number of nitrogens with one attached hydrogen (secondary N) is 2. The van der Waals surface area contributed by atoms with Crippen molar-refractivity contribution in [2.24, 2.45) is 0 Å². The van der Waals surface area contributed by atoms with Gasteiger partial charge in [-0.1, -0.05) is 40.5 Å². The summed E-state index contributed by atoms with van der Waals surface area (Å²) in [5.41, 5.74) is 1.71. The molecule has 12 nitrogen and oxygen atoms in total. The fourth-order valence-corrected chi connectivity index (χ4v) is 7.76. The molecule has 0 spiro atoms. The van der Waals surface area contributed by atoms with Gasteiger partial charge in [0.2, 0.25) is 0 Å². The number of hydrogen-bond acceptors (Lipinski definition) is 10.